The predicted octanol–water partition coefficient (Wildman–Crippen LogP) is 2.06. The number of H-pyrrole nitrogens is 1. The van der Waals surface area contributed by atoms with Crippen LogP contribution in [0.15, 0.2) is 23.3 Å². The molecule has 0 aliphatic carbocycles. The van der Waals surface area contributed by atoms with Crippen molar-refractivity contribution in [3.63, 3.8) is 0 Å². The van der Waals surface area contributed by atoms with Crippen LogP contribution in [0.25, 0.3) is 0 Å². The zero-order valence-corrected chi connectivity index (χ0v) is 11.6. The van der Waals surface area contributed by atoms with Crippen LogP contribution in [0.5, 0.6) is 0 Å². The lowest BCUT2D eigenvalue weighted by molar-refractivity contribution is 0.0902. The highest BCUT2D eigenvalue weighted by atomic mass is 79.9. The van der Waals surface area contributed by atoms with Crippen molar-refractivity contribution in [3.05, 3.63) is 34.2 Å². The fourth-order valence-electron chi connectivity index (χ4n) is 1.55. The fraction of sp³-hybridized carbons (Fsp3) is 0.500. The van der Waals surface area contributed by atoms with Gasteiger partial charge in [-0.2, -0.15) is 0 Å². The number of hydrogen-bond acceptors (Lipinski definition) is 2. The molecular weight excluding hydrogens is 284 g/mol. The first-order chi connectivity index (χ1) is 8.08. The number of aromatic nitrogens is 1. The zero-order valence-electron chi connectivity index (χ0n) is 10.0. The molecule has 0 bridgehead atoms. The molecule has 0 atom stereocenters. The summed E-state index contributed by atoms with van der Waals surface area (Å²) in [5.41, 5.74) is -0.407. The maximum atomic E-state index is 12.0. The van der Waals surface area contributed by atoms with E-state index in [2.05, 4.69) is 26.2 Å². The third kappa shape index (κ3) is 3.19. The van der Waals surface area contributed by atoms with E-state index < -0.39 is 0 Å². The number of aromatic amines is 1. The van der Waals surface area contributed by atoms with Crippen molar-refractivity contribution < 1.29 is 4.79 Å². The Labute approximate surface area is 109 Å². The highest BCUT2D eigenvalue weighted by Gasteiger charge is 2.27. The minimum Gasteiger partial charge on any atom is -0.367 e. The maximum Gasteiger partial charge on any atom is 0.257 e. The lowest BCUT2D eigenvalue weighted by Crippen LogP contribution is -2.50. The molecule has 0 aromatic carbocycles. The summed E-state index contributed by atoms with van der Waals surface area (Å²) in [7, 11) is 0. The third-order valence-corrected chi connectivity index (χ3v) is 4.13. The third-order valence-electron chi connectivity index (χ3n) is 3.06. The number of nitrogens with one attached hydrogen (secondary N) is 2. The zero-order chi connectivity index (χ0) is 12.9. The number of hydrogen-bond donors (Lipinski definition) is 2. The van der Waals surface area contributed by atoms with Gasteiger partial charge in [0.1, 0.15) is 5.56 Å². The van der Waals surface area contributed by atoms with Crippen LogP contribution in [0.2, 0.25) is 0 Å². The molecule has 0 unspecified atom stereocenters. The minimum atomic E-state index is -0.324. The molecule has 0 fully saturated rings. The van der Waals surface area contributed by atoms with Crippen LogP contribution in [-0.4, -0.2) is 21.8 Å². The molecule has 0 spiro atoms. The van der Waals surface area contributed by atoms with E-state index in [1.54, 1.807) is 0 Å². The molecule has 5 heteroatoms. The van der Waals surface area contributed by atoms with E-state index >= 15 is 0 Å². The Balaban J connectivity index is 2.93. The molecule has 1 heterocycles. The summed E-state index contributed by atoms with van der Waals surface area (Å²) < 4.78 is 0. The average Bonchev–Trinajstić information content (AvgIpc) is 2.36. The van der Waals surface area contributed by atoms with Gasteiger partial charge >= 0.3 is 0 Å². The smallest absolute Gasteiger partial charge is 0.257 e. The molecule has 0 radical (unpaired) electrons. The van der Waals surface area contributed by atoms with Gasteiger partial charge in [-0.3, -0.25) is 9.59 Å². The molecule has 0 aliphatic heterocycles. The van der Waals surface area contributed by atoms with Crippen LogP contribution in [0.1, 0.15) is 37.0 Å². The summed E-state index contributed by atoms with van der Waals surface area (Å²) >= 11 is 3.41. The second kappa shape index (κ2) is 6.00. The number of carbonyl (C=O) groups is 1. The Morgan fingerprint density at radius 3 is 2.59 bits per heavy atom. The van der Waals surface area contributed by atoms with Crippen molar-refractivity contribution in [2.45, 2.75) is 32.2 Å². The second-order valence-electron chi connectivity index (χ2n) is 4.00. The maximum absolute atomic E-state index is 12.0. The van der Waals surface area contributed by atoms with Crippen molar-refractivity contribution >= 4 is 21.8 Å². The first kappa shape index (κ1) is 14.0. The second-order valence-corrected chi connectivity index (χ2v) is 4.56. The fourth-order valence-corrected chi connectivity index (χ4v) is 2.48. The Morgan fingerprint density at radius 1 is 1.47 bits per heavy atom. The molecule has 1 rings (SSSR count). The summed E-state index contributed by atoms with van der Waals surface area (Å²) in [6.45, 7) is 4.03. The van der Waals surface area contributed by atoms with Gasteiger partial charge in [0.05, 0.1) is 0 Å². The van der Waals surface area contributed by atoms with Gasteiger partial charge in [-0.25, -0.2) is 0 Å². The van der Waals surface area contributed by atoms with E-state index in [0.717, 1.165) is 12.8 Å². The monoisotopic (exact) mass is 300 g/mol. The number of rotatable bonds is 5. The van der Waals surface area contributed by atoms with Crippen molar-refractivity contribution in [2.24, 2.45) is 0 Å². The van der Waals surface area contributed by atoms with E-state index in [1.807, 2.05) is 13.8 Å². The van der Waals surface area contributed by atoms with Crippen molar-refractivity contribution in [2.75, 3.05) is 5.33 Å². The Bertz CT molecular complexity index is 430. The SMILES string of the molecule is CCC(CC)(CBr)NC(=O)c1c[nH]ccc1=O. The van der Waals surface area contributed by atoms with Crippen molar-refractivity contribution in [1.29, 1.82) is 0 Å². The molecule has 0 aliphatic rings. The van der Waals surface area contributed by atoms with E-state index in [-0.39, 0.29) is 22.4 Å². The average molecular weight is 301 g/mol. The predicted molar refractivity (Wildman–Crippen MR) is 71.6 cm³/mol. The summed E-state index contributed by atoms with van der Waals surface area (Å²) in [6, 6.07) is 1.35. The highest BCUT2D eigenvalue weighted by molar-refractivity contribution is 9.09. The van der Waals surface area contributed by atoms with E-state index in [1.165, 1.54) is 18.5 Å². The first-order valence-corrected chi connectivity index (χ1v) is 6.76. The van der Waals surface area contributed by atoms with E-state index in [9.17, 15) is 9.59 Å². The lowest BCUT2D eigenvalue weighted by atomic mass is 9.95. The minimum absolute atomic E-state index is 0.153. The topological polar surface area (TPSA) is 62.0 Å². The number of pyridine rings is 1. The quantitative estimate of drug-likeness (QED) is 0.818. The van der Waals surface area contributed by atoms with Crippen LogP contribution in [0.4, 0.5) is 0 Å². The van der Waals surface area contributed by atoms with Gasteiger partial charge < -0.3 is 10.3 Å². The van der Waals surface area contributed by atoms with Crippen LogP contribution in [0, 0.1) is 0 Å². The largest absolute Gasteiger partial charge is 0.367 e. The number of amides is 1. The molecule has 1 aromatic rings. The molecule has 94 valence electrons. The molecule has 0 saturated heterocycles. The summed E-state index contributed by atoms with van der Waals surface area (Å²) in [5, 5.41) is 3.60. The van der Waals surface area contributed by atoms with Gasteiger partial charge in [0.25, 0.3) is 5.91 Å². The van der Waals surface area contributed by atoms with Crippen LogP contribution in [0.3, 0.4) is 0 Å². The van der Waals surface area contributed by atoms with Crippen LogP contribution < -0.4 is 10.7 Å². The Hall–Kier alpha value is -1.10. The Kier molecular flexibility index (Phi) is 4.93. The van der Waals surface area contributed by atoms with Crippen LogP contribution >= 0.6 is 15.9 Å². The molecular formula is C12H17BrN2O2. The van der Waals surface area contributed by atoms with E-state index in [4.69, 9.17) is 0 Å². The van der Waals surface area contributed by atoms with Crippen LogP contribution in [-0.2, 0) is 0 Å². The van der Waals surface area contributed by atoms with Crippen molar-refractivity contribution in [1.82, 2.24) is 10.3 Å². The standard InChI is InChI=1S/C12H17BrN2O2/c1-3-12(4-2,8-13)15-11(17)9-7-14-6-5-10(9)16/h5-7H,3-4,8H2,1-2H3,(H,14,16)(H,15,17). The molecule has 1 amide bonds. The molecule has 1 aromatic heterocycles. The number of alkyl halides is 1. The van der Waals surface area contributed by atoms with Gasteiger partial charge in [0.15, 0.2) is 5.43 Å². The molecule has 2 N–H and O–H groups in total. The number of carbonyl (C=O) groups excluding carboxylic acids is 1. The Morgan fingerprint density at radius 2 is 2.12 bits per heavy atom. The molecule has 4 nitrogen and oxygen atoms in total. The summed E-state index contributed by atoms with van der Waals surface area (Å²) in [5.74, 6) is -0.324. The first-order valence-electron chi connectivity index (χ1n) is 5.64. The lowest BCUT2D eigenvalue weighted by Gasteiger charge is -2.30. The van der Waals surface area contributed by atoms with E-state index in [0.29, 0.717) is 5.33 Å². The summed E-state index contributed by atoms with van der Waals surface area (Å²) in [6.07, 6.45) is 4.56. The normalized spacial score (nSPS) is 11.2. The van der Waals surface area contributed by atoms with Gasteiger partial charge in [-0.15, -0.1) is 0 Å². The van der Waals surface area contributed by atoms with Gasteiger partial charge in [-0.05, 0) is 12.8 Å². The molecule has 0 saturated carbocycles. The van der Waals surface area contributed by atoms with Gasteiger partial charge in [-0.1, -0.05) is 29.8 Å². The summed E-state index contributed by atoms with van der Waals surface area (Å²) in [4.78, 5) is 26.3. The van der Waals surface area contributed by atoms with Gasteiger partial charge in [0, 0.05) is 29.3 Å². The van der Waals surface area contributed by atoms with Gasteiger partial charge in [0.2, 0.25) is 0 Å². The highest BCUT2D eigenvalue weighted by Crippen LogP contribution is 2.18. The molecule has 17 heavy (non-hydrogen) atoms. The number of halogens is 1. The van der Waals surface area contributed by atoms with Crippen molar-refractivity contribution in [3.8, 4) is 0 Å².